The second-order valence-corrected chi connectivity index (χ2v) is 4.07. The lowest BCUT2D eigenvalue weighted by Crippen LogP contribution is -2.22. The second kappa shape index (κ2) is 5.09. The average Bonchev–Trinajstić information content (AvgIpc) is 2.68. The lowest BCUT2D eigenvalue weighted by molar-refractivity contribution is 0.313. The molecule has 2 heterocycles. The SMILES string of the molecule is CCOc1nc2ncc(CNC(C)C)cn2n1. The molecule has 0 saturated carbocycles. The maximum Gasteiger partial charge on any atom is 0.337 e. The number of fused-ring (bicyclic) bond motifs is 1. The first kappa shape index (κ1) is 11.8. The van der Waals surface area contributed by atoms with Crippen LogP contribution in [0, 0.1) is 0 Å². The van der Waals surface area contributed by atoms with E-state index in [-0.39, 0.29) is 0 Å². The summed E-state index contributed by atoms with van der Waals surface area (Å²) in [4.78, 5) is 8.37. The molecule has 92 valence electrons. The number of nitrogens with one attached hydrogen (secondary N) is 1. The minimum absolute atomic E-state index is 0.369. The molecule has 0 saturated heterocycles. The van der Waals surface area contributed by atoms with Crippen molar-refractivity contribution in [2.45, 2.75) is 33.4 Å². The highest BCUT2D eigenvalue weighted by Gasteiger charge is 2.05. The number of hydrogen-bond acceptors (Lipinski definition) is 5. The van der Waals surface area contributed by atoms with Crippen molar-refractivity contribution in [1.29, 1.82) is 0 Å². The van der Waals surface area contributed by atoms with Crippen molar-refractivity contribution in [3.8, 4) is 6.01 Å². The fourth-order valence-electron chi connectivity index (χ4n) is 1.41. The zero-order valence-corrected chi connectivity index (χ0v) is 10.3. The van der Waals surface area contributed by atoms with Gasteiger partial charge in [0.2, 0.25) is 0 Å². The van der Waals surface area contributed by atoms with E-state index in [1.807, 2.05) is 13.1 Å². The molecular formula is C11H17N5O. The van der Waals surface area contributed by atoms with Gasteiger partial charge in [0, 0.05) is 30.5 Å². The minimum atomic E-state index is 0.369. The lowest BCUT2D eigenvalue weighted by atomic mass is 10.3. The fraction of sp³-hybridized carbons (Fsp3) is 0.545. The van der Waals surface area contributed by atoms with Crippen LogP contribution >= 0.6 is 0 Å². The number of aromatic nitrogens is 4. The summed E-state index contributed by atoms with van der Waals surface area (Å²) in [6.07, 6.45) is 3.71. The third-order valence-corrected chi connectivity index (χ3v) is 2.22. The molecule has 2 rings (SSSR count). The molecule has 0 spiro atoms. The minimum Gasteiger partial charge on any atom is -0.463 e. The third kappa shape index (κ3) is 2.91. The number of nitrogens with zero attached hydrogens (tertiary/aromatic N) is 4. The zero-order valence-electron chi connectivity index (χ0n) is 10.3. The van der Waals surface area contributed by atoms with Gasteiger partial charge in [0.15, 0.2) is 0 Å². The molecule has 0 aliphatic rings. The van der Waals surface area contributed by atoms with Gasteiger partial charge in [0.25, 0.3) is 5.78 Å². The van der Waals surface area contributed by atoms with E-state index in [0.717, 1.165) is 12.1 Å². The molecule has 0 atom stereocenters. The van der Waals surface area contributed by atoms with E-state index in [1.165, 1.54) is 0 Å². The Hall–Kier alpha value is -1.69. The summed E-state index contributed by atoms with van der Waals surface area (Å²) in [5.74, 6) is 0.557. The van der Waals surface area contributed by atoms with Gasteiger partial charge in [-0.05, 0) is 6.92 Å². The van der Waals surface area contributed by atoms with Crippen LogP contribution in [-0.4, -0.2) is 32.2 Å². The summed E-state index contributed by atoms with van der Waals surface area (Å²) in [6.45, 7) is 7.43. The molecule has 1 N–H and O–H groups in total. The standard InChI is InChI=1S/C11H17N5O/c1-4-17-11-14-10-13-6-9(5-12-8(2)3)7-16(10)15-11/h6-8,12H,4-5H2,1-3H3. The highest BCUT2D eigenvalue weighted by atomic mass is 16.5. The molecule has 6 heteroatoms. The van der Waals surface area contributed by atoms with E-state index < -0.39 is 0 Å². The van der Waals surface area contributed by atoms with Crippen LogP contribution in [-0.2, 0) is 6.54 Å². The molecular weight excluding hydrogens is 218 g/mol. The smallest absolute Gasteiger partial charge is 0.337 e. The van der Waals surface area contributed by atoms with Crippen LogP contribution in [0.4, 0.5) is 0 Å². The Labute approximate surface area is 100 Å². The highest BCUT2D eigenvalue weighted by Crippen LogP contribution is 2.06. The van der Waals surface area contributed by atoms with E-state index >= 15 is 0 Å². The maximum absolute atomic E-state index is 5.23. The van der Waals surface area contributed by atoms with Crippen LogP contribution < -0.4 is 10.1 Å². The molecule has 17 heavy (non-hydrogen) atoms. The van der Waals surface area contributed by atoms with Crippen molar-refractivity contribution >= 4 is 5.78 Å². The molecule has 2 aromatic rings. The monoisotopic (exact) mass is 235 g/mol. The molecule has 0 unspecified atom stereocenters. The van der Waals surface area contributed by atoms with Crippen LogP contribution in [0.2, 0.25) is 0 Å². The van der Waals surface area contributed by atoms with E-state index in [2.05, 4.69) is 34.2 Å². The van der Waals surface area contributed by atoms with Crippen LogP contribution in [0.25, 0.3) is 5.78 Å². The van der Waals surface area contributed by atoms with E-state index in [0.29, 0.717) is 24.4 Å². The van der Waals surface area contributed by atoms with Crippen LogP contribution in [0.3, 0.4) is 0 Å². The predicted molar refractivity (Wildman–Crippen MR) is 63.9 cm³/mol. The maximum atomic E-state index is 5.23. The molecule has 0 aromatic carbocycles. The van der Waals surface area contributed by atoms with Crippen molar-refractivity contribution in [2.24, 2.45) is 0 Å². The molecule has 2 aromatic heterocycles. The summed E-state index contributed by atoms with van der Waals surface area (Å²) in [7, 11) is 0. The summed E-state index contributed by atoms with van der Waals surface area (Å²) in [5.41, 5.74) is 1.07. The van der Waals surface area contributed by atoms with Gasteiger partial charge < -0.3 is 10.1 Å². The predicted octanol–water partition coefficient (Wildman–Crippen LogP) is 1.02. The summed E-state index contributed by atoms with van der Waals surface area (Å²) in [6, 6.07) is 0.814. The van der Waals surface area contributed by atoms with E-state index in [4.69, 9.17) is 4.74 Å². The number of rotatable bonds is 5. The molecule has 0 aliphatic heterocycles. The van der Waals surface area contributed by atoms with E-state index in [9.17, 15) is 0 Å². The Morgan fingerprint density at radius 3 is 3.00 bits per heavy atom. The number of hydrogen-bond donors (Lipinski definition) is 1. The van der Waals surface area contributed by atoms with Crippen LogP contribution in [0.1, 0.15) is 26.3 Å². The lowest BCUT2D eigenvalue weighted by Gasteiger charge is -2.07. The Morgan fingerprint density at radius 1 is 1.47 bits per heavy atom. The molecule has 0 amide bonds. The summed E-state index contributed by atoms with van der Waals surface area (Å²) in [5, 5.41) is 7.51. The van der Waals surface area contributed by atoms with Gasteiger partial charge in [-0.1, -0.05) is 13.8 Å². The average molecular weight is 235 g/mol. The van der Waals surface area contributed by atoms with Crippen LogP contribution in [0.15, 0.2) is 12.4 Å². The van der Waals surface area contributed by atoms with Crippen molar-refractivity contribution in [1.82, 2.24) is 24.9 Å². The first-order valence-electron chi connectivity index (χ1n) is 5.76. The molecule has 0 bridgehead atoms. The van der Waals surface area contributed by atoms with Gasteiger partial charge in [-0.3, -0.25) is 0 Å². The van der Waals surface area contributed by atoms with Gasteiger partial charge in [-0.2, -0.15) is 4.98 Å². The second-order valence-electron chi connectivity index (χ2n) is 4.07. The molecule has 6 nitrogen and oxygen atoms in total. The Morgan fingerprint density at radius 2 is 2.29 bits per heavy atom. The largest absolute Gasteiger partial charge is 0.463 e. The van der Waals surface area contributed by atoms with Crippen molar-refractivity contribution in [2.75, 3.05) is 6.61 Å². The number of ether oxygens (including phenoxy) is 1. The van der Waals surface area contributed by atoms with Crippen LogP contribution in [0.5, 0.6) is 6.01 Å². The van der Waals surface area contributed by atoms with E-state index in [1.54, 1.807) is 10.7 Å². The summed E-state index contributed by atoms with van der Waals surface area (Å²) >= 11 is 0. The van der Waals surface area contributed by atoms with Gasteiger partial charge in [0.1, 0.15) is 0 Å². The Kier molecular flexibility index (Phi) is 3.53. The van der Waals surface area contributed by atoms with Gasteiger partial charge in [-0.15, -0.1) is 5.10 Å². The topological polar surface area (TPSA) is 64.3 Å². The molecule has 0 aliphatic carbocycles. The van der Waals surface area contributed by atoms with Gasteiger partial charge in [0.05, 0.1) is 6.61 Å². The normalized spacial score (nSPS) is 11.3. The first-order valence-corrected chi connectivity index (χ1v) is 5.76. The fourth-order valence-corrected chi connectivity index (χ4v) is 1.41. The van der Waals surface area contributed by atoms with Crippen molar-refractivity contribution < 1.29 is 4.74 Å². The third-order valence-electron chi connectivity index (χ3n) is 2.22. The van der Waals surface area contributed by atoms with Crippen molar-refractivity contribution in [3.63, 3.8) is 0 Å². The molecule has 0 radical (unpaired) electrons. The zero-order chi connectivity index (χ0) is 12.3. The van der Waals surface area contributed by atoms with Gasteiger partial charge >= 0.3 is 6.01 Å². The van der Waals surface area contributed by atoms with Gasteiger partial charge in [-0.25, -0.2) is 9.50 Å². The molecule has 0 fully saturated rings. The summed E-state index contributed by atoms with van der Waals surface area (Å²) < 4.78 is 6.87. The Bertz CT molecular complexity index is 494. The quantitative estimate of drug-likeness (QED) is 0.838. The highest BCUT2D eigenvalue weighted by molar-refractivity contribution is 5.29. The Balaban J connectivity index is 2.18. The van der Waals surface area contributed by atoms with Crippen molar-refractivity contribution in [3.05, 3.63) is 18.0 Å². The first-order chi connectivity index (χ1) is 8.19.